The van der Waals surface area contributed by atoms with Crippen molar-refractivity contribution in [2.45, 2.75) is 13.8 Å². The van der Waals surface area contributed by atoms with Crippen molar-refractivity contribution in [2.24, 2.45) is 0 Å². The molecule has 12 heavy (non-hydrogen) atoms. The highest BCUT2D eigenvalue weighted by atomic mass is 19.1. The van der Waals surface area contributed by atoms with Crippen molar-refractivity contribution < 1.29 is 13.9 Å². The molecule has 0 saturated heterocycles. The lowest BCUT2D eigenvalue weighted by Gasteiger charge is -2.02. The lowest BCUT2D eigenvalue weighted by atomic mass is 10.2. The average molecular weight is 168 g/mol. The van der Waals surface area contributed by atoms with Crippen molar-refractivity contribution in [3.8, 4) is 5.75 Å². The molecule has 64 valence electrons. The van der Waals surface area contributed by atoms with Gasteiger partial charge in [0.1, 0.15) is 0 Å². The van der Waals surface area contributed by atoms with Gasteiger partial charge < -0.3 is 4.74 Å². The summed E-state index contributed by atoms with van der Waals surface area (Å²) >= 11 is 0. The zero-order valence-electron chi connectivity index (χ0n) is 6.93. The molecule has 0 unspecified atom stereocenters. The van der Waals surface area contributed by atoms with E-state index < -0.39 is 11.8 Å². The van der Waals surface area contributed by atoms with Crippen LogP contribution in [0.25, 0.3) is 0 Å². The Morgan fingerprint density at radius 1 is 1.50 bits per heavy atom. The summed E-state index contributed by atoms with van der Waals surface area (Å²) in [5, 5.41) is 0. The molecular weight excluding hydrogens is 159 g/mol. The van der Waals surface area contributed by atoms with E-state index in [1.54, 1.807) is 13.0 Å². The lowest BCUT2D eigenvalue weighted by Crippen LogP contribution is -2.03. The quantitative estimate of drug-likeness (QED) is 0.474. The zero-order valence-corrected chi connectivity index (χ0v) is 6.93. The van der Waals surface area contributed by atoms with Crippen LogP contribution in [0.3, 0.4) is 0 Å². The fourth-order valence-corrected chi connectivity index (χ4v) is 0.844. The molecule has 0 bridgehead atoms. The van der Waals surface area contributed by atoms with E-state index in [1.165, 1.54) is 19.1 Å². The topological polar surface area (TPSA) is 26.3 Å². The molecule has 0 aliphatic rings. The summed E-state index contributed by atoms with van der Waals surface area (Å²) in [4.78, 5) is 10.5. The Hall–Kier alpha value is -1.38. The molecule has 0 heterocycles. The van der Waals surface area contributed by atoms with E-state index in [0.29, 0.717) is 0 Å². The van der Waals surface area contributed by atoms with Gasteiger partial charge >= 0.3 is 5.97 Å². The van der Waals surface area contributed by atoms with Gasteiger partial charge in [-0.1, -0.05) is 6.07 Å². The highest BCUT2D eigenvalue weighted by molar-refractivity contribution is 5.69. The SMILES string of the molecule is CC(=O)Oc1cc(C)ccc1F. The van der Waals surface area contributed by atoms with E-state index in [4.69, 9.17) is 0 Å². The standard InChI is InChI=1S/C9H9FO2/c1-6-3-4-8(10)9(5-6)12-7(2)11/h3-5H,1-2H3. The molecule has 1 aromatic carbocycles. The monoisotopic (exact) mass is 168 g/mol. The molecule has 0 fully saturated rings. The minimum atomic E-state index is -0.518. The third-order valence-electron chi connectivity index (χ3n) is 1.34. The molecular formula is C9H9FO2. The summed E-state index contributed by atoms with van der Waals surface area (Å²) in [6, 6.07) is 4.37. The van der Waals surface area contributed by atoms with Crippen molar-refractivity contribution in [2.75, 3.05) is 0 Å². The van der Waals surface area contributed by atoms with E-state index in [9.17, 15) is 9.18 Å². The molecule has 0 aliphatic heterocycles. The first-order valence-corrected chi connectivity index (χ1v) is 3.54. The number of hydrogen-bond acceptors (Lipinski definition) is 2. The Balaban J connectivity index is 2.97. The van der Waals surface area contributed by atoms with Crippen LogP contribution in [-0.4, -0.2) is 5.97 Å². The Kier molecular flexibility index (Phi) is 2.43. The van der Waals surface area contributed by atoms with Crippen LogP contribution < -0.4 is 4.74 Å². The second-order valence-electron chi connectivity index (χ2n) is 2.53. The van der Waals surface area contributed by atoms with Gasteiger partial charge in [-0.2, -0.15) is 0 Å². The molecule has 2 nitrogen and oxygen atoms in total. The number of esters is 1. The molecule has 0 amide bonds. The predicted octanol–water partition coefficient (Wildman–Crippen LogP) is 2.06. The van der Waals surface area contributed by atoms with Crippen LogP contribution in [0.2, 0.25) is 0 Å². The number of carbonyl (C=O) groups is 1. The van der Waals surface area contributed by atoms with Crippen molar-refractivity contribution in [1.82, 2.24) is 0 Å². The van der Waals surface area contributed by atoms with Gasteiger partial charge in [-0.15, -0.1) is 0 Å². The van der Waals surface area contributed by atoms with Crippen molar-refractivity contribution in [3.05, 3.63) is 29.6 Å². The summed E-state index contributed by atoms with van der Waals surface area (Å²) < 4.78 is 17.5. The van der Waals surface area contributed by atoms with E-state index >= 15 is 0 Å². The number of hydrogen-bond donors (Lipinski definition) is 0. The largest absolute Gasteiger partial charge is 0.424 e. The highest BCUT2D eigenvalue weighted by Crippen LogP contribution is 2.18. The fourth-order valence-electron chi connectivity index (χ4n) is 0.844. The second-order valence-corrected chi connectivity index (χ2v) is 2.53. The van der Waals surface area contributed by atoms with Crippen LogP contribution in [0.1, 0.15) is 12.5 Å². The second kappa shape index (κ2) is 3.34. The maximum atomic E-state index is 12.9. The molecule has 1 aromatic rings. The van der Waals surface area contributed by atoms with Crippen molar-refractivity contribution in [3.63, 3.8) is 0 Å². The fraction of sp³-hybridized carbons (Fsp3) is 0.222. The van der Waals surface area contributed by atoms with Crippen LogP contribution >= 0.6 is 0 Å². The van der Waals surface area contributed by atoms with Crippen LogP contribution in [0.4, 0.5) is 4.39 Å². The van der Waals surface area contributed by atoms with Crippen LogP contribution in [0.5, 0.6) is 5.75 Å². The average Bonchev–Trinajstić information content (AvgIpc) is 1.96. The number of benzene rings is 1. The first kappa shape index (κ1) is 8.71. The molecule has 1 rings (SSSR count). The predicted molar refractivity (Wildman–Crippen MR) is 42.4 cm³/mol. The van der Waals surface area contributed by atoms with Gasteiger partial charge in [-0.3, -0.25) is 4.79 Å². The highest BCUT2D eigenvalue weighted by Gasteiger charge is 2.04. The van der Waals surface area contributed by atoms with E-state index in [1.807, 2.05) is 0 Å². The smallest absolute Gasteiger partial charge is 0.308 e. The van der Waals surface area contributed by atoms with Crippen LogP contribution in [-0.2, 0) is 4.79 Å². The first-order valence-electron chi connectivity index (χ1n) is 3.54. The van der Waals surface area contributed by atoms with E-state index in [2.05, 4.69) is 4.74 Å². The van der Waals surface area contributed by atoms with E-state index in [0.717, 1.165) is 5.56 Å². The van der Waals surface area contributed by atoms with Gasteiger partial charge in [0.25, 0.3) is 0 Å². The molecule has 0 spiro atoms. The van der Waals surface area contributed by atoms with Gasteiger partial charge in [0.2, 0.25) is 0 Å². The summed E-state index contributed by atoms with van der Waals surface area (Å²) in [5.41, 5.74) is 0.854. The Bertz CT molecular complexity index is 307. The number of halogens is 1. The zero-order chi connectivity index (χ0) is 9.14. The minimum Gasteiger partial charge on any atom is -0.424 e. The molecule has 0 N–H and O–H groups in total. The first-order chi connectivity index (χ1) is 5.59. The summed E-state index contributed by atoms with van der Waals surface area (Å²) in [6.45, 7) is 3.04. The minimum absolute atomic E-state index is 0.0116. The third kappa shape index (κ3) is 2.05. The van der Waals surface area contributed by atoms with Gasteiger partial charge in [0.05, 0.1) is 0 Å². The molecule has 0 aliphatic carbocycles. The molecule has 0 saturated carbocycles. The lowest BCUT2D eigenvalue weighted by molar-refractivity contribution is -0.132. The van der Waals surface area contributed by atoms with Gasteiger partial charge in [-0.05, 0) is 24.6 Å². The number of rotatable bonds is 1. The van der Waals surface area contributed by atoms with Crippen molar-refractivity contribution >= 4 is 5.97 Å². The maximum Gasteiger partial charge on any atom is 0.308 e. The third-order valence-corrected chi connectivity index (χ3v) is 1.34. The summed E-state index contributed by atoms with van der Waals surface area (Å²) in [7, 11) is 0. The van der Waals surface area contributed by atoms with Crippen molar-refractivity contribution in [1.29, 1.82) is 0 Å². The molecule has 0 radical (unpaired) electrons. The van der Waals surface area contributed by atoms with E-state index in [-0.39, 0.29) is 5.75 Å². The maximum absolute atomic E-state index is 12.9. The number of aryl methyl sites for hydroxylation is 1. The molecule has 0 atom stereocenters. The number of ether oxygens (including phenoxy) is 1. The van der Waals surface area contributed by atoms with Crippen LogP contribution in [0.15, 0.2) is 18.2 Å². The van der Waals surface area contributed by atoms with Crippen LogP contribution in [0, 0.1) is 12.7 Å². The Morgan fingerprint density at radius 3 is 2.75 bits per heavy atom. The van der Waals surface area contributed by atoms with Gasteiger partial charge in [0, 0.05) is 6.92 Å². The Labute approximate surface area is 70.0 Å². The normalized spacial score (nSPS) is 9.58. The summed E-state index contributed by atoms with van der Waals surface area (Å²) in [5.74, 6) is -1.04. The Morgan fingerprint density at radius 2 is 2.17 bits per heavy atom. The molecule has 0 aromatic heterocycles. The van der Waals surface area contributed by atoms with Gasteiger partial charge in [0.15, 0.2) is 11.6 Å². The molecule has 3 heteroatoms. The summed E-state index contributed by atoms with van der Waals surface area (Å²) in [6.07, 6.45) is 0. The number of carbonyl (C=O) groups excluding carboxylic acids is 1. The van der Waals surface area contributed by atoms with Gasteiger partial charge in [-0.25, -0.2) is 4.39 Å².